The van der Waals surface area contributed by atoms with Crippen molar-refractivity contribution < 1.29 is 52.3 Å². The van der Waals surface area contributed by atoms with Gasteiger partial charge >= 0.3 is 18.0 Å². The normalized spacial score (nSPS) is 20.7. The maximum atomic E-state index is 14.1. The molecule has 2 aliphatic heterocycles. The van der Waals surface area contributed by atoms with E-state index in [0.29, 0.717) is 51.9 Å². The molecule has 3 aromatic carbocycles. The fourth-order valence-electron chi connectivity index (χ4n) is 6.91. The van der Waals surface area contributed by atoms with Gasteiger partial charge in [-0.25, -0.2) is 9.59 Å². The first kappa shape index (κ1) is 33.8. The van der Waals surface area contributed by atoms with Crippen LogP contribution in [0.3, 0.4) is 0 Å². The van der Waals surface area contributed by atoms with Crippen LogP contribution in [0, 0.1) is 18.8 Å². The molecule has 1 saturated heterocycles. The van der Waals surface area contributed by atoms with Gasteiger partial charge < -0.3 is 43.2 Å². The topological polar surface area (TPSA) is 137 Å². The Labute approximate surface area is 284 Å². The van der Waals surface area contributed by atoms with Gasteiger partial charge in [0.15, 0.2) is 23.0 Å². The molecule has 0 aromatic heterocycles. The summed E-state index contributed by atoms with van der Waals surface area (Å²) in [6.45, 7) is 4.21. The Kier molecular flexibility index (Phi) is 10.0. The van der Waals surface area contributed by atoms with E-state index < -0.39 is 47.9 Å². The number of nitrogens with one attached hydrogen (secondary N) is 1. The van der Waals surface area contributed by atoms with Crippen LogP contribution in [0.4, 0.5) is 4.79 Å². The van der Waals surface area contributed by atoms with Crippen molar-refractivity contribution in [2.24, 2.45) is 11.8 Å². The number of rotatable bonds is 12. The molecule has 0 bridgehead atoms. The number of benzene rings is 3. The Balaban J connectivity index is 1.40. The van der Waals surface area contributed by atoms with Crippen molar-refractivity contribution in [2.75, 3.05) is 41.3 Å². The zero-order valence-corrected chi connectivity index (χ0v) is 28.2. The number of amides is 1. The van der Waals surface area contributed by atoms with E-state index in [1.54, 1.807) is 18.2 Å². The number of esters is 2. The van der Waals surface area contributed by atoms with Crippen LogP contribution in [0.15, 0.2) is 48.5 Å². The minimum Gasteiger partial charge on any atom is -0.493 e. The van der Waals surface area contributed by atoms with Crippen LogP contribution in [0.1, 0.15) is 59.6 Å². The molecule has 1 amide bonds. The van der Waals surface area contributed by atoms with E-state index in [-0.39, 0.29) is 26.4 Å². The third-order valence-electron chi connectivity index (χ3n) is 9.24. The molecular weight excluding hydrogens is 634 g/mol. The number of unbranched alkanes of at least 4 members (excludes halogenated alkanes) is 1. The number of ether oxygens (including phenoxy) is 8. The van der Waals surface area contributed by atoms with Gasteiger partial charge in [-0.1, -0.05) is 43.2 Å². The monoisotopic (exact) mass is 675 g/mol. The summed E-state index contributed by atoms with van der Waals surface area (Å²) in [6.07, 6.45) is 0.0865. The predicted molar refractivity (Wildman–Crippen MR) is 175 cm³/mol. The molecular formula is C37H41NO11. The summed E-state index contributed by atoms with van der Waals surface area (Å²) >= 11 is 0. The number of carbonyl (C=O) groups is 3. The smallest absolute Gasteiger partial charge is 0.407 e. The van der Waals surface area contributed by atoms with Gasteiger partial charge in [0, 0.05) is 23.8 Å². The second kappa shape index (κ2) is 14.6. The Morgan fingerprint density at radius 3 is 2.31 bits per heavy atom. The highest BCUT2D eigenvalue weighted by Gasteiger charge is 2.54. The molecule has 3 aliphatic rings. The van der Waals surface area contributed by atoms with E-state index in [2.05, 4.69) is 5.32 Å². The number of carbonyl (C=O) groups excluding carboxylic acids is 3. The highest BCUT2D eigenvalue weighted by molar-refractivity contribution is 5.83. The van der Waals surface area contributed by atoms with E-state index >= 15 is 0 Å². The lowest BCUT2D eigenvalue weighted by molar-refractivity contribution is -0.157. The lowest BCUT2D eigenvalue weighted by Crippen LogP contribution is -2.45. The number of alkyl carbamates (subject to hydrolysis) is 1. The summed E-state index contributed by atoms with van der Waals surface area (Å²) in [7, 11) is 4.57. The van der Waals surface area contributed by atoms with Crippen LogP contribution < -0.4 is 29.0 Å². The average molecular weight is 676 g/mol. The zero-order chi connectivity index (χ0) is 34.7. The molecule has 6 rings (SSSR count). The van der Waals surface area contributed by atoms with Gasteiger partial charge in [-0.3, -0.25) is 4.79 Å². The van der Waals surface area contributed by atoms with Crippen LogP contribution in [0.25, 0.3) is 0 Å². The molecule has 260 valence electrons. The molecule has 1 fully saturated rings. The third-order valence-corrected chi connectivity index (χ3v) is 9.24. The SMILES string of the molecule is CCCCOC(=O)N[C@@H](Cc1cccc(C)c1)C(=O)OC1c2cc3c(cc2C(c2cc(OC)c(OC)c(OC)c2)C2C(=O)OCC12)OCO3. The minimum absolute atomic E-state index is 0.0191. The van der Waals surface area contributed by atoms with Crippen molar-refractivity contribution in [3.05, 3.63) is 76.3 Å². The van der Waals surface area contributed by atoms with E-state index in [4.69, 9.17) is 37.9 Å². The number of aryl methyl sites for hydroxylation is 1. The van der Waals surface area contributed by atoms with Crippen LogP contribution in [-0.2, 0) is 30.2 Å². The van der Waals surface area contributed by atoms with E-state index in [9.17, 15) is 14.4 Å². The van der Waals surface area contributed by atoms with Gasteiger partial charge in [-0.2, -0.15) is 0 Å². The van der Waals surface area contributed by atoms with Gasteiger partial charge in [0.2, 0.25) is 12.5 Å². The predicted octanol–water partition coefficient (Wildman–Crippen LogP) is 5.41. The first-order valence-corrected chi connectivity index (χ1v) is 16.4. The second-order valence-corrected chi connectivity index (χ2v) is 12.3. The van der Waals surface area contributed by atoms with Crippen LogP contribution >= 0.6 is 0 Å². The largest absolute Gasteiger partial charge is 0.493 e. The Bertz CT molecular complexity index is 1700. The number of fused-ring (bicyclic) bond motifs is 3. The summed E-state index contributed by atoms with van der Waals surface area (Å²) in [6, 6.07) is 13.8. The Morgan fingerprint density at radius 1 is 0.939 bits per heavy atom. The number of methoxy groups -OCH3 is 3. The van der Waals surface area contributed by atoms with Crippen molar-refractivity contribution in [2.45, 2.75) is 51.2 Å². The lowest BCUT2D eigenvalue weighted by atomic mass is 9.66. The minimum atomic E-state index is -1.07. The van der Waals surface area contributed by atoms with Crippen molar-refractivity contribution in [1.82, 2.24) is 5.32 Å². The first-order chi connectivity index (χ1) is 23.8. The summed E-state index contributed by atoms with van der Waals surface area (Å²) in [5, 5.41) is 2.72. The van der Waals surface area contributed by atoms with Crippen LogP contribution in [-0.4, -0.2) is 65.4 Å². The summed E-state index contributed by atoms with van der Waals surface area (Å²) in [5.74, 6) is -0.718. The molecule has 0 spiro atoms. The second-order valence-electron chi connectivity index (χ2n) is 12.3. The van der Waals surface area contributed by atoms with Crippen molar-refractivity contribution in [1.29, 1.82) is 0 Å². The molecule has 0 radical (unpaired) electrons. The fraction of sp³-hybridized carbons (Fsp3) is 0.432. The number of cyclic esters (lactones) is 1. The fourth-order valence-corrected chi connectivity index (χ4v) is 6.91. The van der Waals surface area contributed by atoms with Crippen LogP contribution in [0.5, 0.6) is 28.7 Å². The molecule has 2 heterocycles. The van der Waals surface area contributed by atoms with Gasteiger partial charge in [0.05, 0.1) is 40.5 Å². The standard InChI is InChI=1S/C37H41NO11/c1-6-7-11-45-37(41)38-26(13-21-10-8-9-20(2)12-21)35(39)49-33-24-17-28-27(47-19-48-28)16-23(24)31(32-25(33)18-46-36(32)40)22-14-29(42-3)34(44-5)30(15-22)43-4/h8-10,12,14-17,25-26,31-33H,6-7,11,13,18-19H2,1-5H3,(H,38,41)/t25?,26-,31?,32?,33?/m0/s1. The van der Waals surface area contributed by atoms with Crippen molar-refractivity contribution >= 4 is 18.0 Å². The van der Waals surface area contributed by atoms with Crippen LogP contribution in [0.2, 0.25) is 0 Å². The zero-order valence-electron chi connectivity index (χ0n) is 28.2. The molecule has 1 N–H and O–H groups in total. The van der Waals surface area contributed by atoms with E-state index in [0.717, 1.165) is 17.5 Å². The molecule has 12 heteroatoms. The van der Waals surface area contributed by atoms with Gasteiger partial charge in [0.1, 0.15) is 12.1 Å². The molecule has 0 saturated carbocycles. The van der Waals surface area contributed by atoms with Gasteiger partial charge in [0.25, 0.3) is 0 Å². The molecule has 3 aromatic rings. The maximum absolute atomic E-state index is 14.1. The third kappa shape index (κ3) is 6.77. The van der Waals surface area contributed by atoms with Gasteiger partial charge in [-0.05, 0) is 54.3 Å². The quantitative estimate of drug-likeness (QED) is 0.150. The molecule has 4 unspecified atom stereocenters. The summed E-state index contributed by atoms with van der Waals surface area (Å²) in [5.41, 5.74) is 3.88. The lowest BCUT2D eigenvalue weighted by Gasteiger charge is -2.39. The number of hydrogen-bond donors (Lipinski definition) is 1. The van der Waals surface area contributed by atoms with E-state index in [1.807, 2.05) is 44.2 Å². The molecule has 5 atom stereocenters. The average Bonchev–Trinajstić information content (AvgIpc) is 3.72. The Hall–Kier alpha value is -5.13. The molecule has 1 aliphatic carbocycles. The van der Waals surface area contributed by atoms with Crippen molar-refractivity contribution in [3.8, 4) is 28.7 Å². The van der Waals surface area contributed by atoms with Gasteiger partial charge in [-0.15, -0.1) is 0 Å². The highest BCUT2D eigenvalue weighted by Crippen LogP contribution is 2.56. The summed E-state index contributed by atoms with van der Waals surface area (Å²) < 4.78 is 45.7. The maximum Gasteiger partial charge on any atom is 0.407 e. The highest BCUT2D eigenvalue weighted by atomic mass is 16.7. The Morgan fingerprint density at radius 2 is 1.65 bits per heavy atom. The molecule has 49 heavy (non-hydrogen) atoms. The first-order valence-electron chi connectivity index (χ1n) is 16.4. The van der Waals surface area contributed by atoms with E-state index in [1.165, 1.54) is 21.3 Å². The summed E-state index contributed by atoms with van der Waals surface area (Å²) in [4.78, 5) is 40.6. The molecule has 12 nitrogen and oxygen atoms in total. The number of hydrogen-bond acceptors (Lipinski definition) is 11. The van der Waals surface area contributed by atoms with Crippen molar-refractivity contribution in [3.63, 3.8) is 0 Å².